The molecule has 0 aliphatic carbocycles. The average molecular weight is 379 g/mol. The smallest absolute Gasteiger partial charge is 0.191 e. The molecule has 2 N–H and O–H groups in total. The van der Waals surface area contributed by atoms with Crippen molar-refractivity contribution < 1.29 is 14.2 Å². The van der Waals surface area contributed by atoms with Gasteiger partial charge in [-0.2, -0.15) is 0 Å². The maximum absolute atomic E-state index is 5.47. The Hall–Kier alpha value is -1.83. The summed E-state index contributed by atoms with van der Waals surface area (Å²) in [6.45, 7) is 9.93. The molecular formula is C20H34N4O3. The first kappa shape index (κ1) is 21.5. The quantitative estimate of drug-likeness (QED) is 0.347. The van der Waals surface area contributed by atoms with Gasteiger partial charge in [0.25, 0.3) is 0 Å². The Balaban J connectivity index is 1.74. The molecule has 1 heterocycles. The summed E-state index contributed by atoms with van der Waals surface area (Å²) in [6, 6.07) is 8.66. The van der Waals surface area contributed by atoms with Crippen LogP contribution in [0.4, 0.5) is 5.69 Å². The summed E-state index contributed by atoms with van der Waals surface area (Å²) in [5.41, 5.74) is 2.46. The summed E-state index contributed by atoms with van der Waals surface area (Å²) >= 11 is 0. The molecule has 0 radical (unpaired) electrons. The number of nitrogens with zero attached hydrogens (tertiary/aromatic N) is 2. The van der Waals surface area contributed by atoms with Crippen molar-refractivity contribution in [2.24, 2.45) is 4.99 Å². The van der Waals surface area contributed by atoms with Crippen molar-refractivity contribution in [1.29, 1.82) is 0 Å². The number of benzene rings is 1. The largest absolute Gasteiger partial charge is 0.382 e. The van der Waals surface area contributed by atoms with Gasteiger partial charge in [-0.1, -0.05) is 12.1 Å². The number of methoxy groups -OCH3 is 1. The zero-order valence-electron chi connectivity index (χ0n) is 16.7. The highest BCUT2D eigenvalue weighted by molar-refractivity contribution is 5.79. The lowest BCUT2D eigenvalue weighted by Crippen LogP contribution is -2.38. The summed E-state index contributed by atoms with van der Waals surface area (Å²) in [5.74, 6) is 0.839. The van der Waals surface area contributed by atoms with Gasteiger partial charge in [-0.25, -0.2) is 4.99 Å². The van der Waals surface area contributed by atoms with Crippen molar-refractivity contribution in [3.63, 3.8) is 0 Å². The van der Waals surface area contributed by atoms with Crippen molar-refractivity contribution in [2.45, 2.75) is 19.9 Å². The predicted molar refractivity (Wildman–Crippen MR) is 110 cm³/mol. The monoisotopic (exact) mass is 378 g/mol. The van der Waals surface area contributed by atoms with E-state index in [9.17, 15) is 0 Å². The molecule has 0 aromatic heterocycles. The van der Waals surface area contributed by atoms with Gasteiger partial charge in [0, 0.05) is 45.6 Å². The molecule has 0 unspecified atom stereocenters. The second-order valence-electron chi connectivity index (χ2n) is 6.35. The van der Waals surface area contributed by atoms with E-state index in [0.29, 0.717) is 19.8 Å². The van der Waals surface area contributed by atoms with Crippen molar-refractivity contribution in [2.75, 3.05) is 71.2 Å². The van der Waals surface area contributed by atoms with Crippen LogP contribution in [0.2, 0.25) is 0 Å². The Morgan fingerprint density at radius 2 is 1.89 bits per heavy atom. The number of ether oxygens (including phenoxy) is 3. The Kier molecular flexibility index (Phi) is 10.6. The first-order valence-electron chi connectivity index (χ1n) is 9.84. The molecule has 0 spiro atoms. The number of aliphatic imine (C=N–C) groups is 1. The molecule has 1 saturated heterocycles. The minimum atomic E-state index is 0.641. The molecule has 27 heavy (non-hydrogen) atoms. The molecular weight excluding hydrogens is 344 g/mol. The van der Waals surface area contributed by atoms with Gasteiger partial charge in [-0.3, -0.25) is 0 Å². The maximum Gasteiger partial charge on any atom is 0.191 e. The number of nitrogens with one attached hydrogen (secondary N) is 2. The van der Waals surface area contributed by atoms with E-state index in [2.05, 4.69) is 51.7 Å². The predicted octanol–water partition coefficient (Wildman–Crippen LogP) is 1.63. The lowest BCUT2D eigenvalue weighted by Gasteiger charge is -2.28. The van der Waals surface area contributed by atoms with Gasteiger partial charge in [-0.05, 0) is 31.0 Å². The highest BCUT2D eigenvalue weighted by Crippen LogP contribution is 2.17. The van der Waals surface area contributed by atoms with Crippen LogP contribution < -0.4 is 15.5 Å². The first-order chi connectivity index (χ1) is 13.3. The highest BCUT2D eigenvalue weighted by Gasteiger charge is 2.10. The molecule has 152 valence electrons. The van der Waals surface area contributed by atoms with E-state index >= 15 is 0 Å². The Bertz CT molecular complexity index is 531. The normalized spacial score (nSPS) is 15.0. The minimum absolute atomic E-state index is 0.641. The van der Waals surface area contributed by atoms with Gasteiger partial charge in [0.2, 0.25) is 0 Å². The zero-order valence-corrected chi connectivity index (χ0v) is 16.7. The van der Waals surface area contributed by atoms with Crippen molar-refractivity contribution >= 4 is 11.6 Å². The van der Waals surface area contributed by atoms with Crippen LogP contribution in [-0.2, 0) is 20.8 Å². The Morgan fingerprint density at radius 1 is 1.11 bits per heavy atom. The lowest BCUT2D eigenvalue weighted by molar-refractivity contribution is 0.0698. The van der Waals surface area contributed by atoms with E-state index in [4.69, 9.17) is 14.2 Å². The number of morpholine rings is 1. The summed E-state index contributed by atoms with van der Waals surface area (Å²) in [4.78, 5) is 7.03. The van der Waals surface area contributed by atoms with Crippen molar-refractivity contribution in [3.05, 3.63) is 29.8 Å². The fourth-order valence-corrected chi connectivity index (χ4v) is 2.77. The molecule has 7 nitrogen and oxygen atoms in total. The van der Waals surface area contributed by atoms with Crippen LogP contribution in [-0.4, -0.2) is 72.3 Å². The van der Waals surface area contributed by atoms with E-state index in [1.165, 1.54) is 11.3 Å². The van der Waals surface area contributed by atoms with Crippen LogP contribution in [0.15, 0.2) is 29.3 Å². The van der Waals surface area contributed by atoms with E-state index in [1.54, 1.807) is 7.11 Å². The molecule has 7 heteroatoms. The van der Waals surface area contributed by atoms with E-state index in [1.807, 2.05) is 0 Å². The number of rotatable bonds is 11. The van der Waals surface area contributed by atoms with Gasteiger partial charge in [0.1, 0.15) is 0 Å². The number of hydrogen-bond acceptors (Lipinski definition) is 5. The minimum Gasteiger partial charge on any atom is -0.382 e. The standard InChI is InChI=1S/C20H34N4O3/c1-3-21-20(22-9-4-12-26-16-15-25-2)23-17-18-5-7-19(8-6-18)24-10-13-27-14-11-24/h5-8H,3-4,9-17H2,1-2H3,(H2,21,22,23). The molecule has 0 saturated carbocycles. The second-order valence-corrected chi connectivity index (χ2v) is 6.35. The van der Waals surface area contributed by atoms with Gasteiger partial charge in [0.15, 0.2) is 5.96 Å². The van der Waals surface area contributed by atoms with Crippen LogP contribution in [0, 0.1) is 0 Å². The number of anilines is 1. The topological polar surface area (TPSA) is 67.4 Å². The molecule has 1 aromatic rings. The summed E-state index contributed by atoms with van der Waals surface area (Å²) in [5, 5.41) is 6.63. The maximum atomic E-state index is 5.47. The Labute approximate surface area is 163 Å². The van der Waals surface area contributed by atoms with Crippen LogP contribution in [0.5, 0.6) is 0 Å². The molecule has 0 bridgehead atoms. The van der Waals surface area contributed by atoms with Crippen molar-refractivity contribution in [3.8, 4) is 0 Å². The van der Waals surface area contributed by atoms with Crippen LogP contribution >= 0.6 is 0 Å². The van der Waals surface area contributed by atoms with Crippen LogP contribution in [0.25, 0.3) is 0 Å². The summed E-state index contributed by atoms with van der Waals surface area (Å²) < 4.78 is 15.8. The second kappa shape index (κ2) is 13.4. The molecule has 0 atom stereocenters. The third-order valence-corrected chi connectivity index (χ3v) is 4.27. The summed E-state index contributed by atoms with van der Waals surface area (Å²) in [7, 11) is 1.68. The number of hydrogen-bond donors (Lipinski definition) is 2. The van der Waals surface area contributed by atoms with Gasteiger partial charge < -0.3 is 29.7 Å². The molecule has 0 amide bonds. The average Bonchev–Trinajstić information content (AvgIpc) is 2.72. The fraction of sp³-hybridized carbons (Fsp3) is 0.650. The molecule has 1 aromatic carbocycles. The van der Waals surface area contributed by atoms with E-state index in [0.717, 1.165) is 58.4 Å². The zero-order chi connectivity index (χ0) is 19.2. The third-order valence-electron chi connectivity index (χ3n) is 4.27. The van der Waals surface area contributed by atoms with Gasteiger partial charge in [-0.15, -0.1) is 0 Å². The highest BCUT2D eigenvalue weighted by atomic mass is 16.5. The molecule has 1 fully saturated rings. The molecule has 2 rings (SSSR count). The fourth-order valence-electron chi connectivity index (χ4n) is 2.77. The molecule has 1 aliphatic rings. The summed E-state index contributed by atoms with van der Waals surface area (Å²) in [6.07, 6.45) is 0.933. The first-order valence-corrected chi connectivity index (χ1v) is 9.84. The van der Waals surface area contributed by atoms with E-state index in [-0.39, 0.29) is 0 Å². The van der Waals surface area contributed by atoms with Crippen LogP contribution in [0.3, 0.4) is 0 Å². The van der Waals surface area contributed by atoms with Crippen LogP contribution in [0.1, 0.15) is 18.9 Å². The van der Waals surface area contributed by atoms with Gasteiger partial charge in [0.05, 0.1) is 33.0 Å². The van der Waals surface area contributed by atoms with Crippen molar-refractivity contribution in [1.82, 2.24) is 10.6 Å². The lowest BCUT2D eigenvalue weighted by atomic mass is 10.2. The van der Waals surface area contributed by atoms with E-state index < -0.39 is 0 Å². The van der Waals surface area contributed by atoms with Gasteiger partial charge >= 0.3 is 0 Å². The SMILES string of the molecule is CCNC(=NCc1ccc(N2CCOCC2)cc1)NCCCOCCOC. The third kappa shape index (κ3) is 8.60. The number of guanidine groups is 1. The molecule has 1 aliphatic heterocycles. The Morgan fingerprint density at radius 3 is 2.59 bits per heavy atom.